The lowest BCUT2D eigenvalue weighted by atomic mass is 10.1. The molecule has 3 rings (SSSR count). The smallest absolute Gasteiger partial charge is 0.324 e. The van der Waals surface area contributed by atoms with Crippen molar-refractivity contribution >= 4 is 11.6 Å². The second-order valence-corrected chi connectivity index (χ2v) is 6.15. The van der Waals surface area contributed by atoms with Crippen molar-refractivity contribution in [3.05, 3.63) is 76.3 Å². The number of nitrogens with one attached hydrogen (secondary N) is 1. The van der Waals surface area contributed by atoms with E-state index < -0.39 is 11.7 Å². The Balaban J connectivity index is 1.83. The monoisotopic (exact) mass is 348 g/mol. The average molecular weight is 348 g/mol. The highest BCUT2D eigenvalue weighted by atomic mass is 16.2. The molecule has 0 fully saturated rings. The number of nitrogens with zero attached hydrogens (tertiary/aromatic N) is 3. The van der Waals surface area contributed by atoms with Crippen molar-refractivity contribution in [3.8, 4) is 11.3 Å². The summed E-state index contributed by atoms with van der Waals surface area (Å²) in [5.74, 6) is -0.317. The van der Waals surface area contributed by atoms with Crippen LogP contribution in [0.5, 0.6) is 0 Å². The molecule has 0 aliphatic heterocycles. The van der Waals surface area contributed by atoms with Crippen LogP contribution >= 0.6 is 0 Å². The summed E-state index contributed by atoms with van der Waals surface area (Å²) >= 11 is 0. The molecule has 1 atom stereocenters. The molecular formula is C20H20N4O2. The molecule has 0 radical (unpaired) electrons. The Morgan fingerprint density at radius 3 is 2.50 bits per heavy atom. The molecule has 0 aliphatic rings. The fourth-order valence-electron chi connectivity index (χ4n) is 2.60. The van der Waals surface area contributed by atoms with Gasteiger partial charge in [0, 0.05) is 11.3 Å². The van der Waals surface area contributed by atoms with Gasteiger partial charge in [-0.1, -0.05) is 42.5 Å². The molecule has 2 aromatic carbocycles. The Kier molecular flexibility index (Phi) is 4.93. The largest absolute Gasteiger partial charge is 0.365 e. The van der Waals surface area contributed by atoms with Crippen LogP contribution in [0.2, 0.25) is 0 Å². The van der Waals surface area contributed by atoms with E-state index in [1.807, 2.05) is 62.4 Å². The third kappa shape index (κ3) is 3.54. The zero-order valence-corrected chi connectivity index (χ0v) is 14.9. The van der Waals surface area contributed by atoms with Crippen molar-refractivity contribution in [1.29, 1.82) is 0 Å². The lowest BCUT2D eigenvalue weighted by Crippen LogP contribution is -2.35. The van der Waals surface area contributed by atoms with Gasteiger partial charge < -0.3 is 5.32 Å². The Morgan fingerprint density at radius 2 is 1.81 bits per heavy atom. The molecule has 6 nitrogen and oxygen atoms in total. The molecule has 1 heterocycles. The lowest BCUT2D eigenvalue weighted by molar-refractivity contribution is -0.119. The van der Waals surface area contributed by atoms with Gasteiger partial charge in [0.25, 0.3) is 0 Å². The number of amides is 1. The number of aryl methyl sites for hydroxylation is 1. The number of hydrogen-bond acceptors (Lipinski definition) is 4. The van der Waals surface area contributed by atoms with E-state index in [9.17, 15) is 9.59 Å². The van der Waals surface area contributed by atoms with Gasteiger partial charge in [0.05, 0.1) is 11.9 Å². The van der Waals surface area contributed by atoms with Crippen LogP contribution in [0.25, 0.3) is 11.3 Å². The first-order valence-corrected chi connectivity index (χ1v) is 8.35. The number of rotatable bonds is 4. The molecule has 0 aliphatic carbocycles. The second kappa shape index (κ2) is 7.31. The Bertz CT molecular complexity index is 996. The zero-order chi connectivity index (χ0) is 18.7. The minimum absolute atomic E-state index is 0.317. The summed E-state index contributed by atoms with van der Waals surface area (Å²) in [6.45, 7) is 5.54. The van der Waals surface area contributed by atoms with Crippen molar-refractivity contribution in [2.75, 3.05) is 5.32 Å². The molecule has 1 N–H and O–H groups in total. The van der Waals surface area contributed by atoms with E-state index in [-0.39, 0.29) is 5.91 Å². The van der Waals surface area contributed by atoms with Gasteiger partial charge in [-0.25, -0.2) is 9.48 Å². The molecule has 132 valence electrons. The normalized spacial score (nSPS) is 11.8. The number of carbonyl (C=O) groups excluding carboxylic acids is 1. The molecule has 1 aromatic heterocycles. The van der Waals surface area contributed by atoms with E-state index in [0.717, 1.165) is 27.1 Å². The van der Waals surface area contributed by atoms with Crippen molar-refractivity contribution in [2.24, 2.45) is 0 Å². The average Bonchev–Trinajstić information content (AvgIpc) is 2.65. The lowest BCUT2D eigenvalue weighted by Gasteiger charge is -2.15. The Hall–Kier alpha value is -3.28. The molecular weight excluding hydrogens is 328 g/mol. The first-order valence-electron chi connectivity index (χ1n) is 8.35. The molecule has 0 unspecified atom stereocenters. The molecule has 0 saturated carbocycles. The van der Waals surface area contributed by atoms with Gasteiger partial charge in [0.2, 0.25) is 5.91 Å². The number of anilines is 1. The van der Waals surface area contributed by atoms with Crippen LogP contribution < -0.4 is 11.0 Å². The Morgan fingerprint density at radius 1 is 1.08 bits per heavy atom. The maximum Gasteiger partial charge on any atom is 0.365 e. The Labute approximate surface area is 151 Å². The van der Waals surface area contributed by atoms with E-state index in [4.69, 9.17) is 0 Å². The van der Waals surface area contributed by atoms with Gasteiger partial charge in [0.1, 0.15) is 6.04 Å². The van der Waals surface area contributed by atoms with Crippen molar-refractivity contribution < 1.29 is 4.79 Å². The molecule has 0 bridgehead atoms. The van der Waals surface area contributed by atoms with E-state index in [0.29, 0.717) is 5.69 Å². The summed E-state index contributed by atoms with van der Waals surface area (Å²) < 4.78 is 1.09. The van der Waals surface area contributed by atoms with Crippen LogP contribution in [-0.2, 0) is 4.79 Å². The molecule has 3 aromatic rings. The second-order valence-electron chi connectivity index (χ2n) is 6.15. The van der Waals surface area contributed by atoms with Gasteiger partial charge in [-0.3, -0.25) is 4.79 Å². The third-order valence-corrected chi connectivity index (χ3v) is 4.39. The van der Waals surface area contributed by atoms with Crippen LogP contribution in [0.1, 0.15) is 24.1 Å². The summed E-state index contributed by atoms with van der Waals surface area (Å²) in [5, 5.41) is 6.99. The SMILES string of the molecule is Cc1cccc(NC(=O)[C@H](C)n2ncc(-c3ccccc3)nc2=O)c1C. The topological polar surface area (TPSA) is 76.9 Å². The zero-order valence-electron chi connectivity index (χ0n) is 14.9. The molecule has 6 heteroatoms. The highest BCUT2D eigenvalue weighted by molar-refractivity contribution is 5.94. The predicted molar refractivity (Wildman–Crippen MR) is 101 cm³/mol. The fourth-order valence-corrected chi connectivity index (χ4v) is 2.60. The summed E-state index contributed by atoms with van der Waals surface area (Å²) in [5.41, 5.74) is 3.52. The van der Waals surface area contributed by atoms with Gasteiger partial charge >= 0.3 is 5.69 Å². The summed E-state index contributed by atoms with van der Waals surface area (Å²) in [4.78, 5) is 28.9. The number of aromatic nitrogens is 3. The molecule has 1 amide bonds. The van der Waals surface area contributed by atoms with Crippen molar-refractivity contribution in [2.45, 2.75) is 26.8 Å². The van der Waals surface area contributed by atoms with Gasteiger partial charge in [-0.15, -0.1) is 0 Å². The van der Waals surface area contributed by atoms with Gasteiger partial charge in [-0.2, -0.15) is 10.1 Å². The third-order valence-electron chi connectivity index (χ3n) is 4.39. The maximum atomic E-state index is 12.5. The van der Waals surface area contributed by atoms with Crippen LogP contribution in [0.4, 0.5) is 5.69 Å². The van der Waals surface area contributed by atoms with E-state index in [1.165, 1.54) is 6.20 Å². The van der Waals surface area contributed by atoms with E-state index in [2.05, 4.69) is 15.4 Å². The van der Waals surface area contributed by atoms with Crippen LogP contribution in [0.15, 0.2) is 59.5 Å². The number of hydrogen-bond donors (Lipinski definition) is 1. The summed E-state index contributed by atoms with van der Waals surface area (Å²) in [7, 11) is 0. The first kappa shape index (κ1) is 17.5. The highest BCUT2D eigenvalue weighted by Gasteiger charge is 2.19. The van der Waals surface area contributed by atoms with Crippen molar-refractivity contribution in [3.63, 3.8) is 0 Å². The van der Waals surface area contributed by atoms with E-state index in [1.54, 1.807) is 6.92 Å². The van der Waals surface area contributed by atoms with Gasteiger partial charge in [-0.05, 0) is 38.0 Å². The number of carbonyl (C=O) groups is 1. The van der Waals surface area contributed by atoms with E-state index >= 15 is 0 Å². The molecule has 0 saturated heterocycles. The number of benzene rings is 2. The predicted octanol–water partition coefficient (Wildman–Crippen LogP) is 3.12. The molecule has 26 heavy (non-hydrogen) atoms. The first-order chi connectivity index (χ1) is 12.5. The fraction of sp³-hybridized carbons (Fsp3) is 0.200. The summed E-state index contributed by atoms with van der Waals surface area (Å²) in [6.07, 6.45) is 1.50. The van der Waals surface area contributed by atoms with Crippen LogP contribution in [0, 0.1) is 13.8 Å². The standard InChI is InChI=1S/C20H20N4O2/c1-13-8-7-11-17(14(13)2)22-19(25)15(3)24-20(26)23-18(12-21-24)16-9-5-4-6-10-16/h4-12,15H,1-3H3,(H,22,25)/t15-/m0/s1. The van der Waals surface area contributed by atoms with Crippen molar-refractivity contribution in [1.82, 2.24) is 14.8 Å². The van der Waals surface area contributed by atoms with Crippen LogP contribution in [0.3, 0.4) is 0 Å². The quantitative estimate of drug-likeness (QED) is 0.786. The summed E-state index contributed by atoms with van der Waals surface area (Å²) in [6, 6.07) is 14.2. The minimum atomic E-state index is -0.778. The maximum absolute atomic E-state index is 12.5. The van der Waals surface area contributed by atoms with Crippen LogP contribution in [-0.4, -0.2) is 20.7 Å². The highest BCUT2D eigenvalue weighted by Crippen LogP contribution is 2.19. The van der Waals surface area contributed by atoms with Gasteiger partial charge in [0.15, 0.2) is 0 Å². The molecule has 0 spiro atoms. The minimum Gasteiger partial charge on any atom is -0.324 e.